The first kappa shape index (κ1) is 19.0. The number of anilines is 2. The summed E-state index contributed by atoms with van der Waals surface area (Å²) in [5.41, 5.74) is -0.214. The number of amides is 3. The lowest BCUT2D eigenvalue weighted by atomic mass is 9.96. The Balaban J connectivity index is 1.52. The average Bonchev–Trinajstić information content (AvgIpc) is 2.67. The molecule has 2 heterocycles. The van der Waals surface area contributed by atoms with Crippen LogP contribution in [0.5, 0.6) is 0 Å². The standard InChI is InChI=1S/C18H17ClF2N4O2/c19-12-4-5-15(22-10-12)24-17(26)11-6-8-25(9-7-11)18(27)23-14-3-1-2-13(20)16(14)21/h1-5,10-11H,6-9H2,(H,23,27)(H,22,24,26). The lowest BCUT2D eigenvalue weighted by molar-refractivity contribution is -0.121. The van der Waals surface area contributed by atoms with Crippen molar-refractivity contribution in [1.29, 1.82) is 0 Å². The van der Waals surface area contributed by atoms with Crippen molar-refractivity contribution in [1.82, 2.24) is 9.88 Å². The molecule has 0 saturated carbocycles. The normalized spacial score (nSPS) is 14.7. The van der Waals surface area contributed by atoms with Gasteiger partial charge in [0.25, 0.3) is 0 Å². The molecule has 9 heteroatoms. The molecule has 0 radical (unpaired) electrons. The average molecular weight is 395 g/mol. The molecule has 1 aliphatic rings. The minimum absolute atomic E-state index is 0.180. The number of hydrogen-bond donors (Lipinski definition) is 2. The summed E-state index contributed by atoms with van der Waals surface area (Å²) in [7, 11) is 0. The van der Waals surface area contributed by atoms with E-state index in [4.69, 9.17) is 11.6 Å². The molecule has 142 valence electrons. The van der Waals surface area contributed by atoms with Crippen molar-refractivity contribution < 1.29 is 18.4 Å². The molecule has 27 heavy (non-hydrogen) atoms. The SMILES string of the molecule is O=C(Nc1ccc(Cl)cn1)C1CCN(C(=O)Nc2cccc(F)c2F)CC1. The number of nitrogens with one attached hydrogen (secondary N) is 2. The van der Waals surface area contributed by atoms with E-state index in [9.17, 15) is 18.4 Å². The maximum absolute atomic E-state index is 13.7. The van der Waals surface area contributed by atoms with Gasteiger partial charge in [0.1, 0.15) is 5.82 Å². The Kier molecular flexibility index (Phi) is 5.85. The van der Waals surface area contributed by atoms with Crippen molar-refractivity contribution in [2.45, 2.75) is 12.8 Å². The molecule has 0 unspecified atom stereocenters. The molecule has 0 spiro atoms. The number of rotatable bonds is 3. The van der Waals surface area contributed by atoms with Crippen LogP contribution in [0.15, 0.2) is 36.5 Å². The predicted octanol–water partition coefficient (Wildman–Crippen LogP) is 3.90. The number of carbonyl (C=O) groups excluding carboxylic acids is 2. The molecule has 1 aromatic carbocycles. The molecule has 1 fully saturated rings. The molecule has 6 nitrogen and oxygen atoms in total. The first-order chi connectivity index (χ1) is 12.9. The van der Waals surface area contributed by atoms with Crippen LogP contribution >= 0.6 is 11.6 Å². The third-order valence-electron chi connectivity index (χ3n) is 4.32. The van der Waals surface area contributed by atoms with Gasteiger partial charge in [0.15, 0.2) is 11.6 Å². The van der Waals surface area contributed by atoms with Gasteiger partial charge in [-0.1, -0.05) is 17.7 Å². The maximum atomic E-state index is 13.7. The summed E-state index contributed by atoms with van der Waals surface area (Å²) >= 11 is 5.76. The molecule has 0 bridgehead atoms. The zero-order valence-corrected chi connectivity index (χ0v) is 15.0. The smallest absolute Gasteiger partial charge is 0.321 e. The number of piperidine rings is 1. The second-order valence-electron chi connectivity index (χ2n) is 6.14. The molecule has 1 aromatic heterocycles. The fourth-order valence-electron chi connectivity index (χ4n) is 2.82. The van der Waals surface area contributed by atoms with Crippen LogP contribution < -0.4 is 10.6 Å². The van der Waals surface area contributed by atoms with E-state index in [1.165, 1.54) is 23.2 Å². The van der Waals surface area contributed by atoms with E-state index in [0.717, 1.165) is 6.07 Å². The topological polar surface area (TPSA) is 74.3 Å². The van der Waals surface area contributed by atoms with E-state index in [-0.39, 0.29) is 17.5 Å². The molecule has 1 aliphatic heterocycles. The molecule has 0 aliphatic carbocycles. The quantitative estimate of drug-likeness (QED) is 0.829. The molecule has 2 N–H and O–H groups in total. The number of likely N-dealkylation sites (tertiary alicyclic amines) is 1. The fourth-order valence-corrected chi connectivity index (χ4v) is 2.93. The second kappa shape index (κ2) is 8.30. The summed E-state index contributed by atoms with van der Waals surface area (Å²) in [5.74, 6) is -2.17. The lowest BCUT2D eigenvalue weighted by Gasteiger charge is -2.31. The Morgan fingerprint density at radius 3 is 2.52 bits per heavy atom. The number of aromatic nitrogens is 1. The molecule has 3 amide bonds. The lowest BCUT2D eigenvalue weighted by Crippen LogP contribution is -2.43. The van der Waals surface area contributed by atoms with Gasteiger partial charge in [-0.2, -0.15) is 0 Å². The van der Waals surface area contributed by atoms with Gasteiger partial charge in [0.05, 0.1) is 10.7 Å². The summed E-state index contributed by atoms with van der Waals surface area (Å²) in [4.78, 5) is 30.0. The Hall–Kier alpha value is -2.74. The van der Waals surface area contributed by atoms with Crippen molar-refractivity contribution in [3.63, 3.8) is 0 Å². The van der Waals surface area contributed by atoms with Crippen molar-refractivity contribution in [3.05, 3.63) is 53.2 Å². The van der Waals surface area contributed by atoms with Crippen LogP contribution in [0.25, 0.3) is 0 Å². The Labute approximate surface area is 159 Å². The predicted molar refractivity (Wildman–Crippen MR) is 97.6 cm³/mol. The van der Waals surface area contributed by atoms with Gasteiger partial charge < -0.3 is 15.5 Å². The van der Waals surface area contributed by atoms with Crippen molar-refractivity contribution in [2.75, 3.05) is 23.7 Å². The van der Waals surface area contributed by atoms with E-state index in [2.05, 4.69) is 15.6 Å². The van der Waals surface area contributed by atoms with Crippen LogP contribution in [0.4, 0.5) is 25.1 Å². The molecule has 2 aromatic rings. The van der Waals surface area contributed by atoms with E-state index < -0.39 is 17.7 Å². The highest BCUT2D eigenvalue weighted by molar-refractivity contribution is 6.30. The monoisotopic (exact) mass is 394 g/mol. The number of hydrogen-bond acceptors (Lipinski definition) is 3. The Morgan fingerprint density at radius 2 is 1.85 bits per heavy atom. The number of pyridine rings is 1. The number of nitrogens with zero attached hydrogens (tertiary/aromatic N) is 2. The van der Waals surface area contributed by atoms with E-state index in [1.807, 2.05) is 0 Å². The van der Waals surface area contributed by atoms with Gasteiger partial charge in [-0.3, -0.25) is 4.79 Å². The highest BCUT2D eigenvalue weighted by Gasteiger charge is 2.28. The van der Waals surface area contributed by atoms with Crippen LogP contribution in [-0.2, 0) is 4.79 Å². The van der Waals surface area contributed by atoms with Gasteiger partial charge >= 0.3 is 6.03 Å². The van der Waals surface area contributed by atoms with Gasteiger partial charge in [-0.05, 0) is 37.1 Å². The zero-order chi connectivity index (χ0) is 19.4. The minimum atomic E-state index is -1.10. The summed E-state index contributed by atoms with van der Waals surface area (Å²) in [6.07, 6.45) is 2.35. The number of urea groups is 1. The molecule has 0 atom stereocenters. The van der Waals surface area contributed by atoms with E-state index in [0.29, 0.717) is 36.8 Å². The van der Waals surface area contributed by atoms with Gasteiger partial charge in [-0.25, -0.2) is 18.6 Å². The summed E-state index contributed by atoms with van der Waals surface area (Å²) in [6.45, 7) is 0.657. The van der Waals surface area contributed by atoms with Gasteiger partial charge in [-0.15, -0.1) is 0 Å². The second-order valence-corrected chi connectivity index (χ2v) is 6.58. The number of benzene rings is 1. The van der Waals surface area contributed by atoms with E-state index in [1.54, 1.807) is 12.1 Å². The fraction of sp³-hybridized carbons (Fsp3) is 0.278. The van der Waals surface area contributed by atoms with Crippen LogP contribution in [0, 0.1) is 17.6 Å². The van der Waals surface area contributed by atoms with Crippen molar-refractivity contribution in [3.8, 4) is 0 Å². The van der Waals surface area contributed by atoms with Gasteiger partial charge in [0.2, 0.25) is 5.91 Å². The van der Waals surface area contributed by atoms with Crippen LogP contribution in [-0.4, -0.2) is 34.9 Å². The molecular weight excluding hydrogens is 378 g/mol. The number of halogens is 3. The van der Waals surface area contributed by atoms with Crippen LogP contribution in [0.1, 0.15) is 12.8 Å². The minimum Gasteiger partial charge on any atom is -0.324 e. The van der Waals surface area contributed by atoms with E-state index >= 15 is 0 Å². The largest absolute Gasteiger partial charge is 0.324 e. The van der Waals surface area contributed by atoms with Crippen molar-refractivity contribution >= 4 is 35.0 Å². The first-order valence-corrected chi connectivity index (χ1v) is 8.74. The summed E-state index contributed by atoms with van der Waals surface area (Å²) < 4.78 is 26.9. The Bertz CT molecular complexity index is 840. The third kappa shape index (κ3) is 4.71. The van der Waals surface area contributed by atoms with Crippen LogP contribution in [0.2, 0.25) is 5.02 Å². The molecule has 3 rings (SSSR count). The Morgan fingerprint density at radius 1 is 1.11 bits per heavy atom. The van der Waals surface area contributed by atoms with Gasteiger partial charge in [0, 0.05) is 25.2 Å². The molecular formula is C18H17ClF2N4O2. The zero-order valence-electron chi connectivity index (χ0n) is 14.2. The highest BCUT2D eigenvalue weighted by Crippen LogP contribution is 2.22. The van der Waals surface area contributed by atoms with Crippen molar-refractivity contribution in [2.24, 2.45) is 5.92 Å². The molecule has 1 saturated heterocycles. The maximum Gasteiger partial charge on any atom is 0.321 e. The number of carbonyl (C=O) groups is 2. The summed E-state index contributed by atoms with van der Waals surface area (Å²) in [5, 5.41) is 5.55. The van der Waals surface area contributed by atoms with Crippen LogP contribution in [0.3, 0.4) is 0 Å². The third-order valence-corrected chi connectivity index (χ3v) is 4.55. The first-order valence-electron chi connectivity index (χ1n) is 8.36. The summed E-state index contributed by atoms with van der Waals surface area (Å²) in [6, 6.07) is 6.28. The highest BCUT2D eigenvalue weighted by atomic mass is 35.5.